The van der Waals surface area contributed by atoms with Gasteiger partial charge in [-0.3, -0.25) is 4.57 Å². The Hall–Kier alpha value is -2.93. The fourth-order valence-corrected chi connectivity index (χ4v) is 2.85. The van der Waals surface area contributed by atoms with Gasteiger partial charge < -0.3 is 15.2 Å². The van der Waals surface area contributed by atoms with Crippen molar-refractivity contribution in [2.75, 3.05) is 5.32 Å². The summed E-state index contributed by atoms with van der Waals surface area (Å²) in [4.78, 5) is 10.8. The maximum Gasteiger partial charge on any atom is 0.232 e. The van der Waals surface area contributed by atoms with Crippen LogP contribution in [-0.4, -0.2) is 20.3 Å². The van der Waals surface area contributed by atoms with Crippen LogP contribution in [0.3, 0.4) is 0 Å². The molecule has 3 rings (SSSR count). The molecule has 0 amide bonds. The number of hydrogen-bond donors (Lipinski definition) is 1. The van der Waals surface area contributed by atoms with Crippen molar-refractivity contribution >= 4 is 29.8 Å². The van der Waals surface area contributed by atoms with Gasteiger partial charge in [-0.15, -0.1) is 5.10 Å². The van der Waals surface area contributed by atoms with Gasteiger partial charge in [0.1, 0.15) is 0 Å². The van der Waals surface area contributed by atoms with Gasteiger partial charge >= 0.3 is 0 Å². The average molecular weight is 367 g/mol. The van der Waals surface area contributed by atoms with E-state index in [-0.39, 0.29) is 13.0 Å². The number of aliphatic carboxylic acids is 1. The molecule has 1 heterocycles. The first-order chi connectivity index (χ1) is 12.4. The molecule has 134 valence electrons. The number of anilines is 2. The highest BCUT2D eigenvalue weighted by atomic mass is 32.1. The Labute approximate surface area is 156 Å². The van der Waals surface area contributed by atoms with E-state index >= 15 is 0 Å². The van der Waals surface area contributed by atoms with E-state index in [1.165, 1.54) is 4.68 Å². The molecule has 0 saturated heterocycles. The Bertz CT molecular complexity index is 972. The van der Waals surface area contributed by atoms with Crippen molar-refractivity contribution in [3.63, 3.8) is 0 Å². The summed E-state index contributed by atoms with van der Waals surface area (Å²) < 4.78 is 3.72. The molecule has 0 spiro atoms. The molecule has 0 atom stereocenters. The highest BCUT2D eigenvalue weighted by molar-refractivity contribution is 7.71. The topological polar surface area (TPSA) is 74.9 Å². The fourth-order valence-electron chi connectivity index (χ4n) is 2.52. The van der Waals surface area contributed by atoms with Crippen LogP contribution in [-0.2, 0) is 11.3 Å². The summed E-state index contributed by atoms with van der Waals surface area (Å²) in [5.41, 5.74) is 4.02. The first kappa shape index (κ1) is 17.9. The van der Waals surface area contributed by atoms with E-state index in [0.717, 1.165) is 22.5 Å². The van der Waals surface area contributed by atoms with Crippen molar-refractivity contribution in [1.29, 1.82) is 0 Å². The van der Waals surface area contributed by atoms with Gasteiger partial charge in [-0.1, -0.05) is 35.4 Å². The number of nitrogens with one attached hydrogen (secondary N) is 1. The molecule has 0 aliphatic rings. The van der Waals surface area contributed by atoms with Gasteiger partial charge in [0, 0.05) is 24.6 Å². The van der Waals surface area contributed by atoms with Crippen molar-refractivity contribution < 1.29 is 9.90 Å². The number of carbonyl (C=O) groups excluding carboxylic acids is 1. The lowest BCUT2D eigenvalue weighted by Crippen LogP contribution is -2.23. The van der Waals surface area contributed by atoms with Crippen LogP contribution in [0.2, 0.25) is 0 Å². The molecule has 0 unspecified atom stereocenters. The Kier molecular flexibility index (Phi) is 5.18. The number of carboxylic acids is 1. The fraction of sp³-hybridized carbons (Fsp3) is 0.211. The monoisotopic (exact) mass is 367 g/mol. The molecular weight excluding hydrogens is 348 g/mol. The molecule has 1 N–H and O–H groups in total. The number of carbonyl (C=O) groups is 1. The summed E-state index contributed by atoms with van der Waals surface area (Å²) in [7, 11) is 0. The first-order valence-electron chi connectivity index (χ1n) is 8.24. The lowest BCUT2D eigenvalue weighted by Gasteiger charge is -2.09. The summed E-state index contributed by atoms with van der Waals surface area (Å²) in [5.74, 6) is -0.606. The lowest BCUT2D eigenvalue weighted by molar-refractivity contribution is -0.306. The number of aryl methyl sites for hydroxylation is 3. The SMILES string of the molecule is Cc1ccc(Nc2nn(CCC(=O)[O-])c(=S)n2-c2ccc(C)cc2)cc1. The number of hydrogen-bond acceptors (Lipinski definition) is 5. The average Bonchev–Trinajstić information content (AvgIpc) is 2.91. The van der Waals surface area contributed by atoms with Gasteiger partial charge in [0.25, 0.3) is 0 Å². The molecule has 0 fully saturated rings. The Morgan fingerprint density at radius 3 is 2.23 bits per heavy atom. The minimum absolute atomic E-state index is 0.150. The van der Waals surface area contributed by atoms with Crippen LogP contribution in [0.4, 0.5) is 11.6 Å². The van der Waals surface area contributed by atoms with Crippen molar-refractivity contribution in [2.45, 2.75) is 26.8 Å². The van der Waals surface area contributed by atoms with E-state index in [1.807, 2.05) is 62.4 Å². The predicted molar refractivity (Wildman–Crippen MR) is 101 cm³/mol. The number of carboxylic acid groups (broad SMARTS) is 1. The molecule has 3 aromatic rings. The molecule has 7 heteroatoms. The highest BCUT2D eigenvalue weighted by Crippen LogP contribution is 2.21. The lowest BCUT2D eigenvalue weighted by atomic mass is 10.2. The zero-order valence-corrected chi connectivity index (χ0v) is 15.4. The van der Waals surface area contributed by atoms with E-state index in [2.05, 4.69) is 10.4 Å². The number of rotatable bonds is 6. The molecular formula is C19H19N4O2S-. The van der Waals surface area contributed by atoms with Crippen LogP contribution < -0.4 is 10.4 Å². The Morgan fingerprint density at radius 2 is 1.65 bits per heavy atom. The van der Waals surface area contributed by atoms with Crippen molar-refractivity contribution in [2.24, 2.45) is 0 Å². The second-order valence-electron chi connectivity index (χ2n) is 6.11. The van der Waals surface area contributed by atoms with Crippen LogP contribution >= 0.6 is 12.2 Å². The second kappa shape index (κ2) is 7.53. The molecule has 2 aromatic carbocycles. The highest BCUT2D eigenvalue weighted by Gasteiger charge is 2.13. The Morgan fingerprint density at radius 1 is 1.08 bits per heavy atom. The normalized spacial score (nSPS) is 10.7. The first-order valence-corrected chi connectivity index (χ1v) is 8.65. The van der Waals surface area contributed by atoms with E-state index < -0.39 is 5.97 Å². The maximum atomic E-state index is 10.8. The summed E-state index contributed by atoms with van der Waals surface area (Å²) in [6, 6.07) is 15.8. The number of nitrogens with zero attached hydrogens (tertiary/aromatic N) is 3. The third-order valence-electron chi connectivity index (χ3n) is 3.97. The van der Waals surface area contributed by atoms with Crippen molar-refractivity contribution in [1.82, 2.24) is 14.3 Å². The van der Waals surface area contributed by atoms with E-state index in [4.69, 9.17) is 12.2 Å². The molecule has 26 heavy (non-hydrogen) atoms. The van der Waals surface area contributed by atoms with Crippen LogP contribution in [0.25, 0.3) is 5.69 Å². The Balaban J connectivity index is 2.03. The standard InChI is InChI=1S/C19H20N4O2S/c1-13-3-7-15(8-4-13)20-18-21-22(12-11-17(24)25)19(26)23(18)16-9-5-14(2)6-10-16/h3-10H,11-12H2,1-2H3,(H,20,21)(H,24,25)/p-1. The quantitative estimate of drug-likeness (QED) is 0.678. The third-order valence-corrected chi connectivity index (χ3v) is 4.36. The van der Waals surface area contributed by atoms with Crippen LogP contribution in [0.15, 0.2) is 48.5 Å². The number of benzene rings is 2. The largest absolute Gasteiger partial charge is 0.550 e. The van der Waals surface area contributed by atoms with Crippen molar-refractivity contribution in [3.05, 3.63) is 64.4 Å². The van der Waals surface area contributed by atoms with Gasteiger partial charge in [0.2, 0.25) is 10.7 Å². The summed E-state index contributed by atoms with van der Waals surface area (Å²) in [5, 5.41) is 18.5. The van der Waals surface area contributed by atoms with E-state index in [9.17, 15) is 9.90 Å². The minimum Gasteiger partial charge on any atom is -0.550 e. The molecule has 0 bridgehead atoms. The van der Waals surface area contributed by atoms with Gasteiger partial charge in [0.15, 0.2) is 0 Å². The molecule has 0 aliphatic heterocycles. The van der Waals surface area contributed by atoms with Crippen LogP contribution in [0.5, 0.6) is 0 Å². The molecule has 0 radical (unpaired) electrons. The zero-order chi connectivity index (χ0) is 18.7. The number of aromatic nitrogens is 3. The van der Waals surface area contributed by atoms with Crippen molar-refractivity contribution in [3.8, 4) is 5.69 Å². The molecule has 1 aromatic heterocycles. The second-order valence-corrected chi connectivity index (χ2v) is 6.48. The van der Waals surface area contributed by atoms with Crippen LogP contribution in [0, 0.1) is 18.6 Å². The zero-order valence-electron chi connectivity index (χ0n) is 14.6. The van der Waals surface area contributed by atoms with E-state index in [1.54, 1.807) is 4.57 Å². The minimum atomic E-state index is -1.13. The maximum absolute atomic E-state index is 10.8. The van der Waals surface area contributed by atoms with Gasteiger partial charge in [0.05, 0.1) is 5.69 Å². The van der Waals surface area contributed by atoms with Crippen LogP contribution in [0.1, 0.15) is 17.5 Å². The van der Waals surface area contributed by atoms with Gasteiger partial charge in [-0.2, -0.15) is 0 Å². The molecule has 6 nitrogen and oxygen atoms in total. The van der Waals surface area contributed by atoms with Gasteiger partial charge in [-0.05, 0) is 50.3 Å². The predicted octanol–water partition coefficient (Wildman–Crippen LogP) is 2.90. The summed E-state index contributed by atoms with van der Waals surface area (Å²) in [6.07, 6.45) is -0.150. The van der Waals surface area contributed by atoms with E-state index in [0.29, 0.717) is 10.7 Å². The van der Waals surface area contributed by atoms with Gasteiger partial charge in [-0.25, -0.2) is 4.68 Å². The summed E-state index contributed by atoms with van der Waals surface area (Å²) in [6.45, 7) is 4.19. The smallest absolute Gasteiger partial charge is 0.232 e. The third kappa shape index (κ3) is 4.00. The molecule has 0 aliphatic carbocycles. The molecule has 0 saturated carbocycles. The summed E-state index contributed by atoms with van der Waals surface area (Å²) >= 11 is 5.53.